The zero-order valence-corrected chi connectivity index (χ0v) is 11.9. The maximum Gasteiger partial charge on any atom is 0.231 e. The molecule has 0 bridgehead atoms. The zero-order chi connectivity index (χ0) is 13.9. The number of carbonyl (C=O) groups excluding carboxylic acids is 1. The Morgan fingerprint density at radius 1 is 1.11 bits per heavy atom. The highest BCUT2D eigenvalue weighted by Gasteiger charge is 2.13. The molecule has 0 fully saturated rings. The van der Waals surface area contributed by atoms with Gasteiger partial charge in [0.2, 0.25) is 15.9 Å². The van der Waals surface area contributed by atoms with E-state index in [-0.39, 0.29) is 5.91 Å². The molecule has 0 aliphatic heterocycles. The maximum absolute atomic E-state index is 11.5. The number of rotatable bonds is 4. The van der Waals surface area contributed by atoms with Crippen molar-refractivity contribution in [2.45, 2.75) is 13.3 Å². The fourth-order valence-corrected chi connectivity index (χ4v) is 1.96. The minimum Gasteiger partial charge on any atom is -0.316 e. The third-order valence-electron chi connectivity index (χ3n) is 2.77. The number of carbonyl (C=O) groups is 1. The number of benzene rings is 1. The Morgan fingerprint density at radius 3 is 1.94 bits per heavy atom. The molecule has 1 aromatic carbocycles. The summed E-state index contributed by atoms with van der Waals surface area (Å²) < 4.78 is 23.9. The third-order valence-corrected chi connectivity index (χ3v) is 3.98. The van der Waals surface area contributed by atoms with Gasteiger partial charge in [0.15, 0.2) is 0 Å². The second kappa shape index (κ2) is 5.39. The van der Waals surface area contributed by atoms with E-state index in [1.807, 2.05) is 0 Å². The van der Waals surface area contributed by atoms with Gasteiger partial charge < -0.3 is 4.90 Å². The van der Waals surface area contributed by atoms with Crippen molar-refractivity contribution in [3.05, 3.63) is 24.3 Å². The van der Waals surface area contributed by atoms with Crippen LogP contribution in [0.3, 0.4) is 0 Å². The van der Waals surface area contributed by atoms with Crippen molar-refractivity contribution < 1.29 is 13.2 Å². The minimum absolute atomic E-state index is 0.0132. The fourth-order valence-electron chi connectivity index (χ4n) is 1.46. The van der Waals surface area contributed by atoms with E-state index < -0.39 is 10.0 Å². The highest BCUT2D eigenvalue weighted by molar-refractivity contribution is 7.92. The van der Waals surface area contributed by atoms with Gasteiger partial charge in [-0.05, 0) is 24.3 Å². The molecule has 0 aliphatic carbocycles. The average Bonchev–Trinajstić information content (AvgIpc) is 2.35. The van der Waals surface area contributed by atoms with E-state index in [0.29, 0.717) is 12.1 Å². The second-order valence-electron chi connectivity index (χ2n) is 4.05. The summed E-state index contributed by atoms with van der Waals surface area (Å²) in [6, 6.07) is 6.81. The van der Waals surface area contributed by atoms with E-state index in [2.05, 4.69) is 0 Å². The maximum atomic E-state index is 11.5. The molecular weight excluding hydrogens is 252 g/mol. The van der Waals surface area contributed by atoms with E-state index >= 15 is 0 Å². The quantitative estimate of drug-likeness (QED) is 0.832. The highest BCUT2D eigenvalue weighted by Crippen LogP contribution is 2.21. The number of hydrogen-bond donors (Lipinski definition) is 0. The van der Waals surface area contributed by atoms with Crippen LogP contribution in [0.25, 0.3) is 0 Å². The lowest BCUT2D eigenvalue weighted by Crippen LogP contribution is -2.26. The Hall–Kier alpha value is -1.56. The Morgan fingerprint density at radius 2 is 1.56 bits per heavy atom. The first-order valence-corrected chi connectivity index (χ1v) is 7.42. The van der Waals surface area contributed by atoms with Crippen molar-refractivity contribution in [2.75, 3.05) is 29.6 Å². The van der Waals surface area contributed by atoms with Crippen LogP contribution in [-0.4, -0.2) is 34.7 Å². The topological polar surface area (TPSA) is 57.7 Å². The van der Waals surface area contributed by atoms with E-state index in [1.165, 1.54) is 11.4 Å². The van der Waals surface area contributed by atoms with Crippen molar-refractivity contribution in [1.29, 1.82) is 0 Å². The van der Waals surface area contributed by atoms with Gasteiger partial charge in [0.1, 0.15) is 0 Å². The van der Waals surface area contributed by atoms with E-state index in [9.17, 15) is 13.2 Å². The standard InChI is InChI=1S/C12H18N2O3S/c1-5-12(15)13(2)10-6-8-11(9-7-10)14(3)18(4,16)17/h6-9H,5H2,1-4H3. The first-order chi connectivity index (χ1) is 8.27. The smallest absolute Gasteiger partial charge is 0.231 e. The lowest BCUT2D eigenvalue weighted by atomic mass is 10.2. The summed E-state index contributed by atoms with van der Waals surface area (Å²) in [5.41, 5.74) is 1.31. The van der Waals surface area contributed by atoms with Crippen LogP contribution in [-0.2, 0) is 14.8 Å². The van der Waals surface area contributed by atoms with Crippen molar-refractivity contribution in [2.24, 2.45) is 0 Å². The van der Waals surface area contributed by atoms with Crippen LogP contribution in [0, 0.1) is 0 Å². The molecule has 1 aromatic rings. The fraction of sp³-hybridized carbons (Fsp3) is 0.417. The molecule has 0 spiro atoms. The molecule has 100 valence electrons. The minimum atomic E-state index is -3.26. The molecule has 5 nitrogen and oxygen atoms in total. The predicted molar refractivity (Wildman–Crippen MR) is 73.4 cm³/mol. The molecule has 6 heteroatoms. The van der Waals surface area contributed by atoms with Crippen molar-refractivity contribution in [3.63, 3.8) is 0 Å². The van der Waals surface area contributed by atoms with Gasteiger partial charge in [-0.1, -0.05) is 6.92 Å². The Balaban J connectivity index is 2.97. The molecule has 0 saturated carbocycles. The summed E-state index contributed by atoms with van der Waals surface area (Å²) in [5.74, 6) is 0.0132. The van der Waals surface area contributed by atoms with Crippen LogP contribution >= 0.6 is 0 Å². The van der Waals surface area contributed by atoms with Crippen LogP contribution in [0.2, 0.25) is 0 Å². The lowest BCUT2D eigenvalue weighted by molar-refractivity contribution is -0.118. The monoisotopic (exact) mass is 270 g/mol. The van der Waals surface area contributed by atoms with Crippen molar-refractivity contribution in [1.82, 2.24) is 0 Å². The van der Waals surface area contributed by atoms with E-state index in [0.717, 1.165) is 11.9 Å². The van der Waals surface area contributed by atoms with Crippen LogP contribution < -0.4 is 9.21 Å². The van der Waals surface area contributed by atoms with Crippen molar-refractivity contribution >= 4 is 27.3 Å². The molecule has 0 unspecified atom stereocenters. The molecule has 1 rings (SSSR count). The van der Waals surface area contributed by atoms with Gasteiger partial charge in [0.25, 0.3) is 0 Å². The summed E-state index contributed by atoms with van der Waals surface area (Å²) in [7, 11) is -0.0703. The van der Waals surface area contributed by atoms with Gasteiger partial charge in [-0.3, -0.25) is 9.10 Å². The average molecular weight is 270 g/mol. The number of anilines is 2. The van der Waals surface area contributed by atoms with Crippen LogP contribution in [0.15, 0.2) is 24.3 Å². The first kappa shape index (κ1) is 14.5. The molecule has 1 amide bonds. The van der Waals surface area contributed by atoms with Crippen molar-refractivity contribution in [3.8, 4) is 0 Å². The SMILES string of the molecule is CCC(=O)N(C)c1ccc(N(C)S(C)(=O)=O)cc1. The van der Waals surface area contributed by atoms with Gasteiger partial charge in [0.05, 0.1) is 11.9 Å². The molecule has 18 heavy (non-hydrogen) atoms. The summed E-state index contributed by atoms with van der Waals surface area (Å²) in [5, 5.41) is 0. The van der Waals surface area contributed by atoms with Crippen LogP contribution in [0.5, 0.6) is 0 Å². The van der Waals surface area contributed by atoms with Crippen LogP contribution in [0.4, 0.5) is 11.4 Å². The largest absolute Gasteiger partial charge is 0.316 e. The van der Waals surface area contributed by atoms with Gasteiger partial charge in [-0.2, -0.15) is 0 Å². The van der Waals surface area contributed by atoms with Gasteiger partial charge >= 0.3 is 0 Å². The van der Waals surface area contributed by atoms with Gasteiger partial charge in [-0.15, -0.1) is 0 Å². The Kier molecular flexibility index (Phi) is 4.34. The number of hydrogen-bond acceptors (Lipinski definition) is 3. The third kappa shape index (κ3) is 3.22. The van der Waals surface area contributed by atoms with E-state index in [1.54, 1.807) is 43.1 Å². The molecule has 0 N–H and O–H groups in total. The number of sulfonamides is 1. The highest BCUT2D eigenvalue weighted by atomic mass is 32.2. The van der Waals surface area contributed by atoms with E-state index in [4.69, 9.17) is 0 Å². The summed E-state index contributed by atoms with van der Waals surface area (Å²) in [6.45, 7) is 1.80. The number of amides is 1. The Labute approximate surface area is 108 Å². The molecule has 0 aromatic heterocycles. The molecule has 0 saturated heterocycles. The summed E-state index contributed by atoms with van der Waals surface area (Å²) in [6.07, 6.45) is 1.58. The molecule has 0 radical (unpaired) electrons. The zero-order valence-electron chi connectivity index (χ0n) is 11.0. The Bertz CT molecular complexity index is 523. The van der Waals surface area contributed by atoms with Crippen LogP contribution in [0.1, 0.15) is 13.3 Å². The second-order valence-corrected chi connectivity index (χ2v) is 6.07. The van der Waals surface area contributed by atoms with Gasteiger partial charge in [-0.25, -0.2) is 8.42 Å². The molecule has 0 atom stereocenters. The lowest BCUT2D eigenvalue weighted by Gasteiger charge is -2.20. The predicted octanol–water partition coefficient (Wildman–Crippen LogP) is 1.46. The number of nitrogens with zero attached hydrogens (tertiary/aromatic N) is 2. The molecule has 0 heterocycles. The molecular formula is C12H18N2O3S. The molecule has 0 aliphatic rings. The van der Waals surface area contributed by atoms with Gasteiger partial charge in [0, 0.05) is 26.2 Å². The summed E-state index contributed by atoms with van der Waals surface area (Å²) in [4.78, 5) is 13.1. The summed E-state index contributed by atoms with van der Waals surface area (Å²) >= 11 is 0. The normalized spacial score (nSPS) is 11.1. The first-order valence-electron chi connectivity index (χ1n) is 5.58.